The van der Waals surface area contributed by atoms with Crippen molar-refractivity contribution in [2.24, 2.45) is 0 Å². The lowest BCUT2D eigenvalue weighted by atomic mass is 10.2. The van der Waals surface area contributed by atoms with Gasteiger partial charge in [0.1, 0.15) is 0 Å². The molecule has 0 atom stereocenters. The summed E-state index contributed by atoms with van der Waals surface area (Å²) in [6.07, 6.45) is 0. The number of hydrogen-bond acceptors (Lipinski definition) is 3. The molecule has 0 saturated carbocycles. The molecule has 1 heterocycles. The number of carbonyl (C=O) groups is 1. The highest BCUT2D eigenvalue weighted by molar-refractivity contribution is 6.31. The van der Waals surface area contributed by atoms with Gasteiger partial charge in [0.05, 0.1) is 13.2 Å². The first-order chi connectivity index (χ1) is 12.1. The molecule has 0 radical (unpaired) electrons. The zero-order valence-corrected chi connectivity index (χ0v) is 15.1. The van der Waals surface area contributed by atoms with Gasteiger partial charge in [-0.05, 0) is 35.9 Å². The van der Waals surface area contributed by atoms with Gasteiger partial charge in [0.2, 0.25) is 0 Å². The molecule has 2 N–H and O–H groups in total. The summed E-state index contributed by atoms with van der Waals surface area (Å²) >= 11 is 12.3. The predicted molar refractivity (Wildman–Crippen MR) is 102 cm³/mol. The third-order valence-corrected chi connectivity index (χ3v) is 4.48. The molecule has 2 amide bonds. The minimum Gasteiger partial charge on any atom is -0.379 e. The number of benzene rings is 2. The minimum atomic E-state index is -0.348. The second kappa shape index (κ2) is 8.54. The highest BCUT2D eigenvalue weighted by atomic mass is 35.5. The number of urea groups is 1. The second-order valence-electron chi connectivity index (χ2n) is 5.78. The zero-order valence-electron chi connectivity index (χ0n) is 13.6. The van der Waals surface area contributed by atoms with E-state index >= 15 is 0 Å². The summed E-state index contributed by atoms with van der Waals surface area (Å²) in [6, 6.07) is 12.2. The van der Waals surface area contributed by atoms with Crippen LogP contribution in [0.15, 0.2) is 42.5 Å². The van der Waals surface area contributed by atoms with Crippen LogP contribution in [0.2, 0.25) is 10.0 Å². The Morgan fingerprint density at radius 1 is 1.04 bits per heavy atom. The number of morpholine rings is 1. The number of carbonyl (C=O) groups excluding carboxylic acids is 1. The van der Waals surface area contributed by atoms with Crippen LogP contribution in [-0.2, 0) is 11.3 Å². The summed E-state index contributed by atoms with van der Waals surface area (Å²) in [5.41, 5.74) is 2.29. The van der Waals surface area contributed by atoms with E-state index in [1.807, 2.05) is 12.1 Å². The zero-order chi connectivity index (χ0) is 17.6. The summed E-state index contributed by atoms with van der Waals surface area (Å²) in [5, 5.41) is 6.70. The first kappa shape index (κ1) is 18.0. The van der Waals surface area contributed by atoms with Crippen LogP contribution in [0.4, 0.5) is 16.2 Å². The van der Waals surface area contributed by atoms with E-state index in [1.54, 1.807) is 30.3 Å². The van der Waals surface area contributed by atoms with Gasteiger partial charge in [-0.15, -0.1) is 0 Å². The maximum absolute atomic E-state index is 12.1. The van der Waals surface area contributed by atoms with Crippen molar-refractivity contribution < 1.29 is 9.53 Å². The largest absolute Gasteiger partial charge is 0.379 e. The molecule has 5 nitrogen and oxygen atoms in total. The Balaban J connectivity index is 1.59. The molecular weight excluding hydrogens is 361 g/mol. The van der Waals surface area contributed by atoms with E-state index in [0.717, 1.165) is 38.4 Å². The molecule has 2 aromatic rings. The Bertz CT molecular complexity index is 749. The fourth-order valence-electron chi connectivity index (χ4n) is 2.61. The maximum atomic E-state index is 12.1. The smallest absolute Gasteiger partial charge is 0.323 e. The van der Waals surface area contributed by atoms with Crippen molar-refractivity contribution in [1.29, 1.82) is 0 Å². The fraction of sp³-hybridized carbons (Fsp3) is 0.278. The van der Waals surface area contributed by atoms with Crippen LogP contribution in [0, 0.1) is 0 Å². The number of halogens is 2. The molecule has 0 aromatic heterocycles. The van der Waals surface area contributed by atoms with Crippen molar-refractivity contribution in [3.63, 3.8) is 0 Å². The van der Waals surface area contributed by atoms with Crippen LogP contribution in [0.5, 0.6) is 0 Å². The summed E-state index contributed by atoms with van der Waals surface area (Å²) in [4.78, 5) is 14.4. The van der Waals surface area contributed by atoms with E-state index in [0.29, 0.717) is 21.4 Å². The molecule has 0 aliphatic carbocycles. The normalized spacial score (nSPS) is 15.0. The lowest BCUT2D eigenvalue weighted by Gasteiger charge is -2.27. The summed E-state index contributed by atoms with van der Waals surface area (Å²) in [6.45, 7) is 4.08. The standard InChI is InChI=1S/C18H19Cl2N3O2/c19-14-2-1-3-15(10-14)21-18(24)22-16-5-4-13(17(20)11-16)12-23-6-8-25-9-7-23/h1-5,10-11H,6-9,12H2,(H2,21,22,24). The van der Waals surface area contributed by atoms with Gasteiger partial charge in [-0.3, -0.25) is 4.90 Å². The lowest BCUT2D eigenvalue weighted by molar-refractivity contribution is 0.0342. The summed E-state index contributed by atoms with van der Waals surface area (Å²) in [7, 11) is 0. The van der Waals surface area contributed by atoms with Gasteiger partial charge in [0.15, 0.2) is 0 Å². The third-order valence-electron chi connectivity index (χ3n) is 3.89. The van der Waals surface area contributed by atoms with Crippen molar-refractivity contribution in [1.82, 2.24) is 4.90 Å². The number of amides is 2. The van der Waals surface area contributed by atoms with Crippen molar-refractivity contribution >= 4 is 40.6 Å². The van der Waals surface area contributed by atoms with Gasteiger partial charge in [-0.25, -0.2) is 4.79 Å². The van der Waals surface area contributed by atoms with Gasteiger partial charge >= 0.3 is 6.03 Å². The Morgan fingerprint density at radius 3 is 2.44 bits per heavy atom. The molecule has 2 aromatic carbocycles. The molecule has 7 heteroatoms. The predicted octanol–water partition coefficient (Wildman–Crippen LogP) is 4.47. The van der Waals surface area contributed by atoms with Crippen LogP contribution in [-0.4, -0.2) is 37.2 Å². The lowest BCUT2D eigenvalue weighted by Crippen LogP contribution is -2.35. The average molecular weight is 380 g/mol. The van der Waals surface area contributed by atoms with Crippen molar-refractivity contribution in [2.75, 3.05) is 36.9 Å². The van der Waals surface area contributed by atoms with Gasteiger partial charge in [-0.1, -0.05) is 35.3 Å². The Labute approximate surface area is 156 Å². The van der Waals surface area contributed by atoms with E-state index in [-0.39, 0.29) is 6.03 Å². The number of nitrogens with zero attached hydrogens (tertiary/aromatic N) is 1. The van der Waals surface area contributed by atoms with Crippen LogP contribution >= 0.6 is 23.2 Å². The highest BCUT2D eigenvalue weighted by Gasteiger charge is 2.13. The van der Waals surface area contributed by atoms with Gasteiger partial charge in [-0.2, -0.15) is 0 Å². The first-order valence-corrected chi connectivity index (χ1v) is 8.78. The fourth-order valence-corrected chi connectivity index (χ4v) is 3.04. The molecule has 1 aliphatic rings. The number of nitrogens with one attached hydrogen (secondary N) is 2. The second-order valence-corrected chi connectivity index (χ2v) is 6.63. The van der Waals surface area contributed by atoms with Gasteiger partial charge < -0.3 is 15.4 Å². The Morgan fingerprint density at radius 2 is 1.76 bits per heavy atom. The van der Waals surface area contributed by atoms with E-state index in [1.165, 1.54) is 0 Å². The molecule has 25 heavy (non-hydrogen) atoms. The van der Waals surface area contributed by atoms with E-state index in [4.69, 9.17) is 27.9 Å². The topological polar surface area (TPSA) is 53.6 Å². The Hall–Kier alpha value is -1.79. The number of hydrogen-bond donors (Lipinski definition) is 2. The molecule has 0 unspecified atom stereocenters. The van der Waals surface area contributed by atoms with E-state index in [2.05, 4.69) is 15.5 Å². The molecule has 0 bridgehead atoms. The van der Waals surface area contributed by atoms with Crippen LogP contribution in [0.3, 0.4) is 0 Å². The molecule has 0 spiro atoms. The van der Waals surface area contributed by atoms with Crippen LogP contribution in [0.25, 0.3) is 0 Å². The van der Waals surface area contributed by atoms with Crippen molar-refractivity contribution in [3.05, 3.63) is 58.1 Å². The average Bonchev–Trinajstić information content (AvgIpc) is 2.58. The highest BCUT2D eigenvalue weighted by Crippen LogP contribution is 2.23. The molecule has 1 saturated heterocycles. The molecule has 1 fully saturated rings. The van der Waals surface area contributed by atoms with Gasteiger partial charge in [0, 0.05) is 41.1 Å². The maximum Gasteiger partial charge on any atom is 0.323 e. The van der Waals surface area contributed by atoms with Crippen molar-refractivity contribution in [3.8, 4) is 0 Å². The summed E-state index contributed by atoms with van der Waals surface area (Å²) < 4.78 is 5.35. The number of ether oxygens (including phenoxy) is 1. The number of anilines is 2. The van der Waals surface area contributed by atoms with Gasteiger partial charge in [0.25, 0.3) is 0 Å². The van der Waals surface area contributed by atoms with Crippen molar-refractivity contribution in [2.45, 2.75) is 6.54 Å². The first-order valence-electron chi connectivity index (χ1n) is 8.02. The van der Waals surface area contributed by atoms with E-state index < -0.39 is 0 Å². The summed E-state index contributed by atoms with van der Waals surface area (Å²) in [5.74, 6) is 0. The Kier molecular flexibility index (Phi) is 6.15. The number of rotatable bonds is 4. The van der Waals surface area contributed by atoms with Crippen LogP contribution in [0.1, 0.15) is 5.56 Å². The SMILES string of the molecule is O=C(Nc1cccc(Cl)c1)Nc1ccc(CN2CCOCC2)c(Cl)c1. The molecule has 3 rings (SSSR count). The third kappa shape index (κ3) is 5.34. The monoisotopic (exact) mass is 379 g/mol. The minimum absolute atomic E-state index is 0.348. The molecular formula is C18H19Cl2N3O2. The van der Waals surface area contributed by atoms with Crippen LogP contribution < -0.4 is 10.6 Å². The van der Waals surface area contributed by atoms with E-state index in [9.17, 15) is 4.79 Å². The quantitative estimate of drug-likeness (QED) is 0.823. The molecule has 132 valence electrons. The molecule has 1 aliphatic heterocycles.